The molecule has 1 aromatic carbocycles. The molecular weight excluding hydrogens is 364 g/mol. The van der Waals surface area contributed by atoms with Gasteiger partial charge in [-0.25, -0.2) is 0 Å². The number of hydrogen-bond donors (Lipinski definition) is 0. The predicted octanol–water partition coefficient (Wildman–Crippen LogP) is 2.69. The van der Waals surface area contributed by atoms with E-state index in [2.05, 4.69) is 16.0 Å². The van der Waals surface area contributed by atoms with Crippen LogP contribution in [0.2, 0.25) is 0 Å². The van der Waals surface area contributed by atoms with E-state index in [-0.39, 0.29) is 17.9 Å². The maximum Gasteiger partial charge on any atom is 0.225 e. The largest absolute Gasteiger partial charge is 0.340 e. The fourth-order valence-electron chi connectivity index (χ4n) is 4.11. The van der Waals surface area contributed by atoms with Crippen molar-refractivity contribution in [2.75, 3.05) is 26.2 Å². The molecule has 0 radical (unpaired) electrons. The van der Waals surface area contributed by atoms with Crippen LogP contribution in [0.1, 0.15) is 36.1 Å². The maximum absolute atomic E-state index is 13.0. The first kappa shape index (κ1) is 19.3. The zero-order valence-corrected chi connectivity index (χ0v) is 16.7. The van der Waals surface area contributed by atoms with Gasteiger partial charge in [0.1, 0.15) is 0 Å². The van der Waals surface area contributed by atoms with Gasteiger partial charge in [-0.1, -0.05) is 30.3 Å². The Morgan fingerprint density at radius 1 is 1.07 bits per heavy atom. The normalized spacial score (nSPS) is 19.1. The molecule has 1 unspecified atom stereocenters. The zero-order chi connectivity index (χ0) is 20.2. The maximum atomic E-state index is 13.0. The Bertz CT molecular complexity index is 904. The second-order valence-electron chi connectivity index (χ2n) is 7.61. The second-order valence-corrected chi connectivity index (χ2v) is 7.61. The molecule has 1 saturated heterocycles. The van der Waals surface area contributed by atoms with Crippen LogP contribution < -0.4 is 0 Å². The van der Waals surface area contributed by atoms with Crippen molar-refractivity contribution in [3.8, 4) is 0 Å². The molecule has 6 heteroatoms. The molecule has 0 bridgehead atoms. The van der Waals surface area contributed by atoms with E-state index in [4.69, 9.17) is 0 Å². The van der Waals surface area contributed by atoms with Crippen molar-refractivity contribution in [1.82, 2.24) is 19.7 Å². The molecule has 2 aromatic rings. The van der Waals surface area contributed by atoms with Crippen molar-refractivity contribution in [3.63, 3.8) is 0 Å². The average Bonchev–Trinajstić information content (AvgIpc) is 2.75. The Morgan fingerprint density at radius 3 is 2.59 bits per heavy atom. The SMILES string of the molecule is CC(=O)N1C=Cc2ccccc2C1CC(=O)N1CCN(Cc2cccnc2)CC1. The summed E-state index contributed by atoms with van der Waals surface area (Å²) < 4.78 is 0. The van der Waals surface area contributed by atoms with Gasteiger partial charge in [-0.3, -0.25) is 19.5 Å². The third kappa shape index (κ3) is 4.38. The topological polar surface area (TPSA) is 56.8 Å². The number of piperazine rings is 1. The van der Waals surface area contributed by atoms with Gasteiger partial charge in [0.15, 0.2) is 0 Å². The lowest BCUT2D eigenvalue weighted by Crippen LogP contribution is -2.49. The molecule has 2 aliphatic rings. The van der Waals surface area contributed by atoms with Crippen LogP contribution in [-0.2, 0) is 16.1 Å². The van der Waals surface area contributed by atoms with Crippen LogP contribution in [-0.4, -0.2) is 57.7 Å². The molecule has 6 nitrogen and oxygen atoms in total. The van der Waals surface area contributed by atoms with Crippen molar-refractivity contribution >= 4 is 17.9 Å². The predicted molar refractivity (Wildman–Crippen MR) is 111 cm³/mol. The molecular formula is C23H26N4O2. The summed E-state index contributed by atoms with van der Waals surface area (Å²) >= 11 is 0. The molecule has 0 spiro atoms. The number of amides is 2. The van der Waals surface area contributed by atoms with Crippen molar-refractivity contribution < 1.29 is 9.59 Å². The van der Waals surface area contributed by atoms with Gasteiger partial charge >= 0.3 is 0 Å². The van der Waals surface area contributed by atoms with Crippen LogP contribution in [0, 0.1) is 0 Å². The number of aromatic nitrogens is 1. The smallest absolute Gasteiger partial charge is 0.225 e. The Kier molecular flexibility index (Phi) is 5.71. The van der Waals surface area contributed by atoms with Crippen molar-refractivity contribution in [2.45, 2.75) is 25.9 Å². The van der Waals surface area contributed by atoms with Gasteiger partial charge in [0.25, 0.3) is 0 Å². The molecule has 1 aromatic heterocycles. The number of pyridine rings is 1. The highest BCUT2D eigenvalue weighted by Gasteiger charge is 2.30. The number of rotatable bonds is 4. The van der Waals surface area contributed by atoms with Crippen molar-refractivity contribution in [2.24, 2.45) is 0 Å². The molecule has 1 fully saturated rings. The summed E-state index contributed by atoms with van der Waals surface area (Å²) in [5.74, 6) is 0.0576. The Labute approximate surface area is 171 Å². The quantitative estimate of drug-likeness (QED) is 0.806. The molecule has 150 valence electrons. The molecule has 2 aliphatic heterocycles. The van der Waals surface area contributed by atoms with E-state index < -0.39 is 0 Å². The molecule has 3 heterocycles. The van der Waals surface area contributed by atoms with Crippen molar-refractivity contribution in [1.29, 1.82) is 0 Å². The molecule has 4 rings (SSSR count). The van der Waals surface area contributed by atoms with E-state index in [1.54, 1.807) is 24.2 Å². The van der Waals surface area contributed by atoms with Gasteiger partial charge in [-0.15, -0.1) is 0 Å². The minimum atomic E-state index is -0.241. The first-order valence-corrected chi connectivity index (χ1v) is 10.1. The van der Waals surface area contributed by atoms with E-state index in [0.29, 0.717) is 19.5 Å². The molecule has 29 heavy (non-hydrogen) atoms. The van der Waals surface area contributed by atoms with Crippen LogP contribution in [0.4, 0.5) is 0 Å². The Morgan fingerprint density at radius 2 is 1.86 bits per heavy atom. The van der Waals surface area contributed by atoms with Gasteiger partial charge < -0.3 is 9.80 Å². The lowest BCUT2D eigenvalue weighted by Gasteiger charge is -2.37. The number of fused-ring (bicyclic) bond motifs is 1. The highest BCUT2D eigenvalue weighted by Crippen LogP contribution is 2.33. The van der Waals surface area contributed by atoms with Crippen molar-refractivity contribution in [3.05, 3.63) is 71.7 Å². The molecule has 2 amide bonds. The van der Waals surface area contributed by atoms with Crippen LogP contribution in [0.25, 0.3) is 6.08 Å². The summed E-state index contributed by atoms with van der Waals surface area (Å²) in [6.07, 6.45) is 7.72. The fraction of sp³-hybridized carbons (Fsp3) is 0.348. The van der Waals surface area contributed by atoms with E-state index in [1.807, 2.05) is 47.5 Å². The van der Waals surface area contributed by atoms with E-state index >= 15 is 0 Å². The minimum Gasteiger partial charge on any atom is -0.340 e. The van der Waals surface area contributed by atoms with Gasteiger partial charge in [0.05, 0.1) is 12.5 Å². The third-order valence-corrected chi connectivity index (χ3v) is 5.69. The standard InChI is InChI=1S/C23H26N4O2/c1-18(28)27-10-8-20-6-2-3-7-21(20)22(27)15-23(29)26-13-11-25(12-14-26)17-19-5-4-9-24-16-19/h2-10,16,22H,11-15,17H2,1H3. The second kappa shape index (κ2) is 8.57. The fourth-order valence-corrected chi connectivity index (χ4v) is 4.11. The Hall–Kier alpha value is -2.99. The molecule has 0 saturated carbocycles. The highest BCUT2D eigenvalue weighted by atomic mass is 16.2. The van der Waals surface area contributed by atoms with Gasteiger partial charge in [-0.05, 0) is 28.8 Å². The molecule has 0 aliphatic carbocycles. The summed E-state index contributed by atoms with van der Waals surface area (Å²) in [4.78, 5) is 35.3. The van der Waals surface area contributed by atoms with E-state index in [0.717, 1.165) is 30.8 Å². The lowest BCUT2D eigenvalue weighted by molar-refractivity contribution is -0.136. The average molecular weight is 390 g/mol. The minimum absolute atomic E-state index is 0.0464. The third-order valence-electron chi connectivity index (χ3n) is 5.69. The summed E-state index contributed by atoms with van der Waals surface area (Å²) in [5.41, 5.74) is 3.30. The van der Waals surface area contributed by atoms with Crippen LogP contribution in [0.3, 0.4) is 0 Å². The summed E-state index contributed by atoms with van der Waals surface area (Å²) in [5, 5.41) is 0. The van der Waals surface area contributed by atoms with Gasteiger partial charge in [0.2, 0.25) is 11.8 Å². The van der Waals surface area contributed by atoms with E-state index in [9.17, 15) is 9.59 Å². The number of hydrogen-bond acceptors (Lipinski definition) is 4. The van der Waals surface area contributed by atoms with Gasteiger partial charge in [0, 0.05) is 58.2 Å². The van der Waals surface area contributed by atoms with Crippen LogP contribution >= 0.6 is 0 Å². The first-order valence-electron chi connectivity index (χ1n) is 10.1. The van der Waals surface area contributed by atoms with E-state index in [1.165, 1.54) is 5.56 Å². The first-order chi connectivity index (χ1) is 14.1. The number of nitrogens with zero attached hydrogens (tertiary/aromatic N) is 4. The summed E-state index contributed by atoms with van der Waals surface area (Å²) in [6.45, 7) is 5.52. The Balaban J connectivity index is 1.39. The van der Waals surface area contributed by atoms with Crippen LogP contribution in [0.15, 0.2) is 55.0 Å². The highest BCUT2D eigenvalue weighted by molar-refractivity contribution is 5.82. The number of benzene rings is 1. The molecule has 0 N–H and O–H groups in total. The lowest BCUT2D eigenvalue weighted by atomic mass is 9.93. The van der Waals surface area contributed by atoms with Gasteiger partial charge in [-0.2, -0.15) is 0 Å². The molecule has 1 atom stereocenters. The summed E-state index contributed by atoms with van der Waals surface area (Å²) in [6, 6.07) is 11.8. The summed E-state index contributed by atoms with van der Waals surface area (Å²) in [7, 11) is 0. The number of carbonyl (C=O) groups is 2. The number of carbonyl (C=O) groups excluding carboxylic acids is 2. The monoisotopic (exact) mass is 390 g/mol. The zero-order valence-electron chi connectivity index (χ0n) is 16.7. The van der Waals surface area contributed by atoms with Crippen LogP contribution in [0.5, 0.6) is 0 Å².